The molecule has 0 bridgehead atoms. The average Bonchev–Trinajstić information content (AvgIpc) is 3.00. The molecule has 0 saturated heterocycles. The SMILES string of the molecule is CN=C(NCc1csc(N(C)C)n1)NC1CCC(C(F)(F)F)CC1.I. The van der Waals surface area contributed by atoms with Crippen molar-refractivity contribution in [2.45, 2.75) is 44.4 Å². The third-order valence-corrected chi connectivity index (χ3v) is 5.17. The van der Waals surface area contributed by atoms with Gasteiger partial charge in [-0.05, 0) is 25.7 Å². The minimum atomic E-state index is -4.07. The standard InChI is InChI=1S/C15H24F3N5S.HI/c1-19-13(20-8-12-9-24-14(22-12)23(2)3)21-11-6-4-10(5-7-11)15(16,17)18;/h9-11H,4-8H2,1-3H3,(H2,19,20,21);1H. The molecule has 0 unspecified atom stereocenters. The molecule has 0 aromatic carbocycles. The average molecular weight is 491 g/mol. The van der Waals surface area contributed by atoms with Crippen molar-refractivity contribution in [3.63, 3.8) is 0 Å². The van der Waals surface area contributed by atoms with Crippen molar-refractivity contribution in [3.8, 4) is 0 Å². The van der Waals surface area contributed by atoms with Crippen molar-refractivity contribution >= 4 is 46.4 Å². The van der Waals surface area contributed by atoms with Crippen LogP contribution in [-0.4, -0.2) is 44.3 Å². The van der Waals surface area contributed by atoms with Gasteiger partial charge in [0.15, 0.2) is 11.1 Å². The van der Waals surface area contributed by atoms with Crippen molar-refractivity contribution in [1.29, 1.82) is 0 Å². The number of rotatable bonds is 4. The van der Waals surface area contributed by atoms with E-state index in [-0.39, 0.29) is 42.9 Å². The van der Waals surface area contributed by atoms with E-state index in [4.69, 9.17) is 0 Å². The molecule has 1 heterocycles. The summed E-state index contributed by atoms with van der Waals surface area (Å²) in [5.41, 5.74) is 0.910. The van der Waals surface area contributed by atoms with Crippen LogP contribution in [0.5, 0.6) is 0 Å². The van der Waals surface area contributed by atoms with Gasteiger partial charge in [-0.2, -0.15) is 13.2 Å². The van der Waals surface area contributed by atoms with E-state index >= 15 is 0 Å². The Morgan fingerprint density at radius 3 is 2.44 bits per heavy atom. The molecule has 5 nitrogen and oxygen atoms in total. The van der Waals surface area contributed by atoms with Crippen molar-refractivity contribution in [3.05, 3.63) is 11.1 Å². The summed E-state index contributed by atoms with van der Waals surface area (Å²) in [6.45, 7) is 0.530. The predicted molar refractivity (Wildman–Crippen MR) is 107 cm³/mol. The third kappa shape index (κ3) is 6.80. The van der Waals surface area contributed by atoms with Crippen LogP contribution in [0.15, 0.2) is 10.4 Å². The van der Waals surface area contributed by atoms with Crippen molar-refractivity contribution in [2.75, 3.05) is 26.0 Å². The number of guanidine groups is 1. The molecule has 0 amide bonds. The molecule has 1 aliphatic rings. The van der Waals surface area contributed by atoms with Gasteiger partial charge in [0.25, 0.3) is 0 Å². The highest BCUT2D eigenvalue weighted by atomic mass is 127. The second kappa shape index (κ2) is 9.79. The number of anilines is 1. The lowest BCUT2D eigenvalue weighted by molar-refractivity contribution is -0.182. The smallest absolute Gasteiger partial charge is 0.354 e. The second-order valence-electron chi connectivity index (χ2n) is 6.18. The van der Waals surface area contributed by atoms with E-state index in [1.807, 2.05) is 24.4 Å². The van der Waals surface area contributed by atoms with Crippen LogP contribution in [-0.2, 0) is 6.54 Å². The zero-order valence-corrected chi connectivity index (χ0v) is 17.7. The van der Waals surface area contributed by atoms with Gasteiger partial charge in [-0.1, -0.05) is 0 Å². The van der Waals surface area contributed by atoms with Crippen molar-refractivity contribution in [1.82, 2.24) is 15.6 Å². The van der Waals surface area contributed by atoms with Gasteiger partial charge in [-0.3, -0.25) is 4.99 Å². The topological polar surface area (TPSA) is 52.6 Å². The second-order valence-corrected chi connectivity index (χ2v) is 7.01. The molecule has 1 aliphatic carbocycles. The van der Waals surface area contributed by atoms with Crippen molar-refractivity contribution in [2.24, 2.45) is 10.9 Å². The molecule has 1 aromatic rings. The highest BCUT2D eigenvalue weighted by molar-refractivity contribution is 14.0. The first-order valence-electron chi connectivity index (χ1n) is 7.95. The lowest BCUT2D eigenvalue weighted by Crippen LogP contribution is -2.45. The summed E-state index contributed by atoms with van der Waals surface area (Å²) in [5.74, 6) is -0.560. The lowest BCUT2D eigenvalue weighted by Gasteiger charge is -2.31. The van der Waals surface area contributed by atoms with E-state index in [0.717, 1.165) is 10.8 Å². The fourth-order valence-electron chi connectivity index (χ4n) is 2.71. The lowest BCUT2D eigenvalue weighted by atomic mass is 9.85. The molecule has 10 heteroatoms. The Kier molecular flexibility index (Phi) is 8.72. The van der Waals surface area contributed by atoms with Gasteiger partial charge in [0.1, 0.15) is 0 Å². The molecule has 1 saturated carbocycles. The van der Waals surface area contributed by atoms with Gasteiger partial charge in [0.2, 0.25) is 0 Å². The maximum atomic E-state index is 12.7. The zero-order chi connectivity index (χ0) is 17.7. The molecular formula is C15H25F3IN5S. The highest BCUT2D eigenvalue weighted by Crippen LogP contribution is 2.37. The quantitative estimate of drug-likeness (QED) is 0.384. The normalized spacial score (nSPS) is 21.4. The molecule has 2 rings (SSSR count). The highest BCUT2D eigenvalue weighted by Gasteiger charge is 2.41. The van der Waals surface area contributed by atoms with Gasteiger partial charge in [-0.25, -0.2) is 4.98 Å². The Balaban J connectivity index is 0.00000312. The van der Waals surface area contributed by atoms with E-state index in [0.29, 0.717) is 25.3 Å². The number of nitrogens with zero attached hydrogens (tertiary/aromatic N) is 3. The van der Waals surface area contributed by atoms with Crippen LogP contribution in [0.3, 0.4) is 0 Å². The fraction of sp³-hybridized carbons (Fsp3) is 0.733. The zero-order valence-electron chi connectivity index (χ0n) is 14.6. The summed E-state index contributed by atoms with van der Waals surface area (Å²) in [5, 5.41) is 9.29. The summed E-state index contributed by atoms with van der Waals surface area (Å²) < 4.78 is 38.1. The Morgan fingerprint density at radius 1 is 1.32 bits per heavy atom. The van der Waals surface area contributed by atoms with Gasteiger partial charge >= 0.3 is 6.18 Å². The molecule has 1 aromatic heterocycles. The number of aromatic nitrogens is 1. The fourth-order valence-corrected chi connectivity index (χ4v) is 3.47. The number of thiazole rings is 1. The maximum absolute atomic E-state index is 12.7. The summed E-state index contributed by atoms with van der Waals surface area (Å²) in [6.07, 6.45) is -2.70. The van der Waals surface area contributed by atoms with E-state index < -0.39 is 12.1 Å². The monoisotopic (exact) mass is 491 g/mol. The minimum absolute atomic E-state index is 0. The number of alkyl halides is 3. The molecular weight excluding hydrogens is 466 g/mol. The van der Waals surface area contributed by atoms with E-state index in [1.165, 1.54) is 0 Å². The van der Waals surface area contributed by atoms with Crippen LogP contribution < -0.4 is 15.5 Å². The number of hydrogen-bond donors (Lipinski definition) is 2. The first kappa shape index (κ1) is 22.3. The molecule has 1 fully saturated rings. The summed E-state index contributed by atoms with van der Waals surface area (Å²) in [7, 11) is 5.53. The first-order chi connectivity index (χ1) is 11.3. The van der Waals surface area contributed by atoms with E-state index in [1.54, 1.807) is 18.4 Å². The number of halogens is 4. The largest absolute Gasteiger partial charge is 0.391 e. The van der Waals surface area contributed by atoms with Gasteiger partial charge < -0.3 is 15.5 Å². The third-order valence-electron chi connectivity index (χ3n) is 4.11. The molecule has 2 N–H and O–H groups in total. The number of hydrogen-bond acceptors (Lipinski definition) is 4. The van der Waals surface area contributed by atoms with E-state index in [2.05, 4.69) is 20.6 Å². The minimum Gasteiger partial charge on any atom is -0.354 e. The van der Waals surface area contributed by atoms with Crippen molar-refractivity contribution < 1.29 is 13.2 Å². The number of nitrogens with one attached hydrogen (secondary N) is 2. The molecule has 0 spiro atoms. The Morgan fingerprint density at radius 2 is 1.96 bits per heavy atom. The summed E-state index contributed by atoms with van der Waals surface area (Å²) >= 11 is 1.56. The van der Waals surface area contributed by atoms with Gasteiger partial charge in [0, 0.05) is 32.6 Å². The van der Waals surface area contributed by atoms with Crippen LogP contribution in [0, 0.1) is 5.92 Å². The molecule has 0 radical (unpaired) electrons. The van der Waals surface area contributed by atoms with Crippen LogP contribution in [0.4, 0.5) is 18.3 Å². The molecule has 0 atom stereocenters. The Hall–Kier alpha value is -0.780. The molecule has 144 valence electrons. The Bertz CT molecular complexity index is 554. The van der Waals surface area contributed by atoms with Crippen LogP contribution >= 0.6 is 35.3 Å². The molecule has 25 heavy (non-hydrogen) atoms. The van der Waals surface area contributed by atoms with Crippen LogP contribution in [0.25, 0.3) is 0 Å². The summed E-state index contributed by atoms with van der Waals surface area (Å²) in [4.78, 5) is 10.6. The van der Waals surface area contributed by atoms with E-state index in [9.17, 15) is 13.2 Å². The summed E-state index contributed by atoms with van der Waals surface area (Å²) in [6, 6.07) is 0.0302. The number of aliphatic imine (C=N–C) groups is 1. The Labute approximate surface area is 167 Å². The van der Waals surface area contributed by atoms with Crippen LogP contribution in [0.2, 0.25) is 0 Å². The van der Waals surface area contributed by atoms with Gasteiger partial charge in [0.05, 0.1) is 18.2 Å². The van der Waals surface area contributed by atoms with Gasteiger partial charge in [-0.15, -0.1) is 35.3 Å². The predicted octanol–water partition coefficient (Wildman–Crippen LogP) is 3.61. The maximum Gasteiger partial charge on any atom is 0.391 e. The first-order valence-corrected chi connectivity index (χ1v) is 8.83. The molecule has 0 aliphatic heterocycles. The van der Waals surface area contributed by atoms with Crippen LogP contribution in [0.1, 0.15) is 31.4 Å².